The Morgan fingerprint density at radius 1 is 1.41 bits per heavy atom. The molecular formula is C14H21N5O2S. The number of sulfone groups is 1. The molecule has 0 N–H and O–H groups in total. The van der Waals surface area contributed by atoms with Crippen LogP contribution in [0.15, 0.2) is 24.7 Å². The van der Waals surface area contributed by atoms with E-state index in [4.69, 9.17) is 0 Å². The van der Waals surface area contributed by atoms with Crippen LogP contribution >= 0.6 is 0 Å². The van der Waals surface area contributed by atoms with Crippen LogP contribution in [-0.2, 0) is 30.0 Å². The van der Waals surface area contributed by atoms with Gasteiger partial charge in [0.25, 0.3) is 0 Å². The largest absolute Gasteiger partial charge is 0.288 e. The van der Waals surface area contributed by atoms with E-state index in [1.54, 1.807) is 10.9 Å². The SMILES string of the molecule is CCn1cc(C2CS(=O)(=O)CCN2Cc2ccn(C)n2)cn1. The summed E-state index contributed by atoms with van der Waals surface area (Å²) in [7, 11) is -1.12. The minimum absolute atomic E-state index is 0.148. The van der Waals surface area contributed by atoms with E-state index in [9.17, 15) is 8.42 Å². The summed E-state index contributed by atoms with van der Waals surface area (Å²) in [5.41, 5.74) is 1.91. The van der Waals surface area contributed by atoms with Gasteiger partial charge in [-0.3, -0.25) is 14.3 Å². The van der Waals surface area contributed by atoms with Gasteiger partial charge in [0.15, 0.2) is 9.84 Å². The maximum Gasteiger partial charge on any atom is 0.153 e. The second kappa shape index (κ2) is 5.85. The van der Waals surface area contributed by atoms with Crippen LogP contribution in [0.2, 0.25) is 0 Å². The molecule has 0 spiro atoms. The number of hydrogen-bond acceptors (Lipinski definition) is 5. The number of aromatic nitrogens is 4. The molecule has 2 aromatic rings. The van der Waals surface area contributed by atoms with Crippen LogP contribution in [0.5, 0.6) is 0 Å². The van der Waals surface area contributed by atoms with Crippen LogP contribution < -0.4 is 0 Å². The Balaban J connectivity index is 1.85. The summed E-state index contributed by atoms with van der Waals surface area (Å²) >= 11 is 0. The Morgan fingerprint density at radius 2 is 2.23 bits per heavy atom. The molecule has 2 aromatic heterocycles. The van der Waals surface area contributed by atoms with Gasteiger partial charge in [0, 0.05) is 44.6 Å². The van der Waals surface area contributed by atoms with E-state index >= 15 is 0 Å². The molecule has 1 aliphatic rings. The first-order chi connectivity index (χ1) is 10.5. The lowest BCUT2D eigenvalue weighted by molar-refractivity contribution is 0.203. The molecule has 1 unspecified atom stereocenters. The summed E-state index contributed by atoms with van der Waals surface area (Å²) in [6, 6.07) is 1.82. The fraction of sp³-hybridized carbons (Fsp3) is 0.571. The van der Waals surface area contributed by atoms with Gasteiger partial charge < -0.3 is 0 Å². The van der Waals surface area contributed by atoms with Crippen molar-refractivity contribution in [2.45, 2.75) is 26.1 Å². The highest BCUT2D eigenvalue weighted by molar-refractivity contribution is 7.91. The van der Waals surface area contributed by atoms with E-state index in [-0.39, 0.29) is 17.5 Å². The minimum atomic E-state index is -3.00. The Kier molecular flexibility index (Phi) is 4.05. The molecule has 0 bridgehead atoms. The summed E-state index contributed by atoms with van der Waals surface area (Å²) in [4.78, 5) is 2.18. The number of rotatable bonds is 4. The molecule has 1 aliphatic heterocycles. The fourth-order valence-electron chi connectivity index (χ4n) is 2.82. The second-order valence-electron chi connectivity index (χ2n) is 5.71. The summed E-state index contributed by atoms with van der Waals surface area (Å²) < 4.78 is 27.7. The van der Waals surface area contributed by atoms with Gasteiger partial charge in [0.05, 0.1) is 29.4 Å². The van der Waals surface area contributed by atoms with Gasteiger partial charge in [0.1, 0.15) is 0 Å². The summed E-state index contributed by atoms with van der Waals surface area (Å²) in [5.74, 6) is 0.355. The van der Waals surface area contributed by atoms with Crippen LogP contribution in [0, 0.1) is 0 Å². The van der Waals surface area contributed by atoms with E-state index in [1.165, 1.54) is 0 Å². The normalized spacial score (nSPS) is 22.0. The van der Waals surface area contributed by atoms with Crippen molar-refractivity contribution in [2.24, 2.45) is 7.05 Å². The van der Waals surface area contributed by atoms with E-state index in [1.807, 2.05) is 37.1 Å². The van der Waals surface area contributed by atoms with Crippen molar-refractivity contribution in [3.63, 3.8) is 0 Å². The maximum absolute atomic E-state index is 12.0. The smallest absolute Gasteiger partial charge is 0.153 e. The van der Waals surface area contributed by atoms with Crippen LogP contribution in [0.1, 0.15) is 24.2 Å². The topological polar surface area (TPSA) is 73.0 Å². The van der Waals surface area contributed by atoms with Gasteiger partial charge in [-0.1, -0.05) is 0 Å². The lowest BCUT2D eigenvalue weighted by Crippen LogP contribution is -2.42. The first kappa shape index (κ1) is 15.2. The molecule has 3 heterocycles. The summed E-state index contributed by atoms with van der Waals surface area (Å²) in [6.07, 6.45) is 5.62. The Labute approximate surface area is 130 Å². The van der Waals surface area contributed by atoms with E-state index in [0.29, 0.717) is 13.1 Å². The van der Waals surface area contributed by atoms with Crippen molar-refractivity contribution in [3.8, 4) is 0 Å². The van der Waals surface area contributed by atoms with Crippen molar-refractivity contribution >= 4 is 9.84 Å². The van der Waals surface area contributed by atoms with Gasteiger partial charge in [-0.2, -0.15) is 10.2 Å². The zero-order valence-corrected chi connectivity index (χ0v) is 13.7. The molecular weight excluding hydrogens is 302 g/mol. The van der Waals surface area contributed by atoms with Gasteiger partial charge in [-0.25, -0.2) is 8.42 Å². The molecule has 120 valence electrons. The first-order valence-corrected chi connectivity index (χ1v) is 9.24. The third-order valence-corrected chi connectivity index (χ3v) is 5.67. The summed E-state index contributed by atoms with van der Waals surface area (Å²) in [5, 5.41) is 8.67. The highest BCUT2D eigenvalue weighted by Gasteiger charge is 2.33. The molecule has 0 aliphatic carbocycles. The molecule has 0 aromatic carbocycles. The fourth-order valence-corrected chi connectivity index (χ4v) is 4.38. The molecule has 3 rings (SSSR count). The van der Waals surface area contributed by atoms with Gasteiger partial charge in [0.2, 0.25) is 0 Å². The highest BCUT2D eigenvalue weighted by atomic mass is 32.2. The number of nitrogens with zero attached hydrogens (tertiary/aromatic N) is 5. The molecule has 8 heteroatoms. The average molecular weight is 323 g/mol. The van der Waals surface area contributed by atoms with Crippen LogP contribution in [-0.4, -0.2) is 50.9 Å². The first-order valence-electron chi connectivity index (χ1n) is 7.42. The monoisotopic (exact) mass is 323 g/mol. The maximum atomic E-state index is 12.0. The quantitative estimate of drug-likeness (QED) is 0.824. The number of aryl methyl sites for hydroxylation is 2. The Morgan fingerprint density at radius 3 is 2.86 bits per heavy atom. The van der Waals surface area contributed by atoms with Crippen molar-refractivity contribution in [2.75, 3.05) is 18.1 Å². The predicted molar refractivity (Wildman–Crippen MR) is 82.9 cm³/mol. The lowest BCUT2D eigenvalue weighted by Gasteiger charge is -2.34. The van der Waals surface area contributed by atoms with E-state index in [2.05, 4.69) is 15.1 Å². The van der Waals surface area contributed by atoms with Crippen molar-refractivity contribution in [3.05, 3.63) is 35.9 Å². The predicted octanol–water partition coefficient (Wildman–Crippen LogP) is 0.608. The highest BCUT2D eigenvalue weighted by Crippen LogP contribution is 2.27. The zero-order chi connectivity index (χ0) is 15.7. The van der Waals surface area contributed by atoms with E-state index in [0.717, 1.165) is 17.8 Å². The third kappa shape index (κ3) is 3.22. The Hall–Kier alpha value is -1.67. The zero-order valence-electron chi connectivity index (χ0n) is 12.9. The van der Waals surface area contributed by atoms with Gasteiger partial charge in [-0.05, 0) is 13.0 Å². The summed E-state index contributed by atoms with van der Waals surface area (Å²) in [6.45, 7) is 3.97. The molecule has 0 amide bonds. The van der Waals surface area contributed by atoms with Gasteiger partial charge >= 0.3 is 0 Å². The molecule has 22 heavy (non-hydrogen) atoms. The van der Waals surface area contributed by atoms with Crippen LogP contribution in [0.4, 0.5) is 0 Å². The molecule has 0 radical (unpaired) electrons. The molecule has 0 saturated carbocycles. The third-order valence-electron chi connectivity index (χ3n) is 4.04. The Bertz CT molecular complexity index is 749. The second-order valence-corrected chi connectivity index (χ2v) is 7.94. The lowest BCUT2D eigenvalue weighted by atomic mass is 10.1. The van der Waals surface area contributed by atoms with Crippen molar-refractivity contribution in [1.82, 2.24) is 24.5 Å². The molecule has 7 nitrogen and oxygen atoms in total. The van der Waals surface area contributed by atoms with Gasteiger partial charge in [-0.15, -0.1) is 0 Å². The van der Waals surface area contributed by atoms with Crippen LogP contribution in [0.25, 0.3) is 0 Å². The standard InChI is InChI=1S/C14H21N5O2S/c1-3-19-9-12(8-15-19)14-11-22(20,21)7-6-18(14)10-13-4-5-17(2)16-13/h4-5,8-9,14H,3,6-7,10-11H2,1-2H3. The minimum Gasteiger partial charge on any atom is -0.288 e. The molecule has 1 saturated heterocycles. The average Bonchev–Trinajstić information content (AvgIpc) is 3.09. The van der Waals surface area contributed by atoms with E-state index < -0.39 is 9.84 Å². The number of hydrogen-bond donors (Lipinski definition) is 0. The molecule has 1 atom stereocenters. The van der Waals surface area contributed by atoms with Crippen molar-refractivity contribution < 1.29 is 8.42 Å². The van der Waals surface area contributed by atoms with Crippen LogP contribution in [0.3, 0.4) is 0 Å². The van der Waals surface area contributed by atoms with Crippen molar-refractivity contribution in [1.29, 1.82) is 0 Å². The molecule has 1 fully saturated rings.